The van der Waals surface area contributed by atoms with Gasteiger partial charge in [0.15, 0.2) is 0 Å². The lowest BCUT2D eigenvalue weighted by Gasteiger charge is -2.13. The van der Waals surface area contributed by atoms with Gasteiger partial charge in [0.1, 0.15) is 23.3 Å². The topological polar surface area (TPSA) is 79.8 Å². The van der Waals surface area contributed by atoms with Gasteiger partial charge in [-0.15, -0.1) is 0 Å². The monoisotopic (exact) mass is 465 g/mol. The SMILES string of the molecule is CCCC(=NOC(C)c1ccc(NC(=O)NC(=O)c2c(F)cccc2F)cc1)c1ccccc1. The van der Waals surface area contributed by atoms with E-state index in [1.807, 2.05) is 42.6 Å². The van der Waals surface area contributed by atoms with Gasteiger partial charge in [-0.25, -0.2) is 13.6 Å². The van der Waals surface area contributed by atoms with Gasteiger partial charge in [0, 0.05) is 5.69 Å². The maximum atomic E-state index is 13.7. The Hall–Kier alpha value is -4.07. The number of oxime groups is 1. The van der Waals surface area contributed by atoms with Gasteiger partial charge in [0.2, 0.25) is 0 Å². The normalized spacial score (nSPS) is 12.1. The molecule has 1 atom stereocenters. The van der Waals surface area contributed by atoms with Crippen molar-refractivity contribution in [3.63, 3.8) is 0 Å². The zero-order chi connectivity index (χ0) is 24.5. The molecule has 0 heterocycles. The molecule has 0 radical (unpaired) electrons. The van der Waals surface area contributed by atoms with Crippen LogP contribution in [-0.4, -0.2) is 17.6 Å². The predicted molar refractivity (Wildman–Crippen MR) is 127 cm³/mol. The molecule has 0 saturated carbocycles. The van der Waals surface area contributed by atoms with Crippen LogP contribution in [0.2, 0.25) is 0 Å². The van der Waals surface area contributed by atoms with Crippen molar-refractivity contribution in [1.82, 2.24) is 5.32 Å². The number of halogens is 2. The maximum absolute atomic E-state index is 13.7. The first-order valence-electron chi connectivity index (χ1n) is 10.8. The number of nitrogens with zero attached hydrogens (tertiary/aromatic N) is 1. The van der Waals surface area contributed by atoms with Crippen LogP contribution in [0.4, 0.5) is 19.3 Å². The standard InChI is InChI=1S/C26H25F2N3O3/c1-3-8-23(19-9-5-4-6-10-19)31-34-17(2)18-13-15-20(16-14-18)29-26(33)30-25(32)24-21(27)11-7-12-22(24)28/h4-7,9-17H,3,8H2,1-2H3,(H2,29,30,32,33). The van der Waals surface area contributed by atoms with Gasteiger partial charge in [-0.05, 0) is 48.7 Å². The van der Waals surface area contributed by atoms with Crippen molar-refractivity contribution in [2.24, 2.45) is 5.16 Å². The molecule has 8 heteroatoms. The van der Waals surface area contributed by atoms with Crippen LogP contribution in [0.1, 0.15) is 54.3 Å². The molecule has 0 fully saturated rings. The molecule has 34 heavy (non-hydrogen) atoms. The first-order valence-corrected chi connectivity index (χ1v) is 10.8. The summed E-state index contributed by atoms with van der Waals surface area (Å²) in [6, 6.07) is 18.6. The third kappa shape index (κ3) is 6.48. The number of benzene rings is 3. The number of carbonyl (C=O) groups is 2. The van der Waals surface area contributed by atoms with Crippen molar-refractivity contribution < 1.29 is 23.2 Å². The van der Waals surface area contributed by atoms with Crippen molar-refractivity contribution in [3.8, 4) is 0 Å². The van der Waals surface area contributed by atoms with Crippen LogP contribution in [0.3, 0.4) is 0 Å². The van der Waals surface area contributed by atoms with Gasteiger partial charge in [-0.3, -0.25) is 10.1 Å². The number of amides is 3. The summed E-state index contributed by atoms with van der Waals surface area (Å²) in [4.78, 5) is 29.8. The fraction of sp³-hybridized carbons (Fsp3) is 0.192. The summed E-state index contributed by atoms with van der Waals surface area (Å²) >= 11 is 0. The molecule has 2 N–H and O–H groups in total. The maximum Gasteiger partial charge on any atom is 0.326 e. The number of carbonyl (C=O) groups excluding carboxylic acids is 2. The molecule has 3 aromatic rings. The Balaban J connectivity index is 1.59. The lowest BCUT2D eigenvalue weighted by Crippen LogP contribution is -2.35. The second-order valence-corrected chi connectivity index (χ2v) is 7.53. The first-order chi connectivity index (χ1) is 16.4. The fourth-order valence-corrected chi connectivity index (χ4v) is 3.19. The average molecular weight is 466 g/mol. The van der Waals surface area contributed by atoms with E-state index < -0.39 is 29.1 Å². The van der Waals surface area contributed by atoms with Crippen molar-refractivity contribution in [2.75, 3.05) is 5.32 Å². The van der Waals surface area contributed by atoms with Gasteiger partial charge in [0.25, 0.3) is 5.91 Å². The van der Waals surface area contributed by atoms with Gasteiger partial charge >= 0.3 is 6.03 Å². The summed E-state index contributed by atoms with van der Waals surface area (Å²) in [5.41, 5.74) is 2.25. The van der Waals surface area contributed by atoms with E-state index in [0.29, 0.717) is 5.69 Å². The molecule has 0 aliphatic carbocycles. The number of anilines is 1. The molecule has 0 bridgehead atoms. The minimum Gasteiger partial charge on any atom is -0.388 e. The minimum atomic E-state index is -1.18. The molecule has 0 aromatic heterocycles. The van der Waals surface area contributed by atoms with Crippen molar-refractivity contribution in [2.45, 2.75) is 32.8 Å². The van der Waals surface area contributed by atoms with Crippen LogP contribution >= 0.6 is 0 Å². The van der Waals surface area contributed by atoms with E-state index in [9.17, 15) is 18.4 Å². The van der Waals surface area contributed by atoms with E-state index in [0.717, 1.165) is 47.9 Å². The molecule has 0 aliphatic heterocycles. The highest BCUT2D eigenvalue weighted by molar-refractivity contribution is 6.08. The van der Waals surface area contributed by atoms with E-state index >= 15 is 0 Å². The lowest BCUT2D eigenvalue weighted by atomic mass is 10.1. The van der Waals surface area contributed by atoms with Crippen LogP contribution in [0.25, 0.3) is 0 Å². The summed E-state index contributed by atoms with van der Waals surface area (Å²) in [6.45, 7) is 3.93. The number of urea groups is 1. The first kappa shape index (κ1) is 24.6. The molecule has 0 saturated heterocycles. The van der Waals surface area contributed by atoms with Crippen LogP contribution in [-0.2, 0) is 4.84 Å². The zero-order valence-electron chi connectivity index (χ0n) is 18.8. The third-order valence-corrected chi connectivity index (χ3v) is 4.97. The Morgan fingerprint density at radius 1 is 0.941 bits per heavy atom. The largest absolute Gasteiger partial charge is 0.388 e. The summed E-state index contributed by atoms with van der Waals surface area (Å²) < 4.78 is 27.4. The Kier molecular flexibility index (Phi) is 8.45. The Labute approximate surface area is 196 Å². The fourth-order valence-electron chi connectivity index (χ4n) is 3.19. The van der Waals surface area contributed by atoms with Gasteiger partial charge in [-0.1, -0.05) is 67.0 Å². The summed E-state index contributed by atoms with van der Waals surface area (Å²) in [6.07, 6.45) is 1.37. The molecular weight excluding hydrogens is 440 g/mol. The molecule has 176 valence electrons. The summed E-state index contributed by atoms with van der Waals surface area (Å²) in [5.74, 6) is -3.28. The van der Waals surface area contributed by atoms with E-state index in [4.69, 9.17) is 4.84 Å². The second-order valence-electron chi connectivity index (χ2n) is 7.53. The smallest absolute Gasteiger partial charge is 0.326 e. The second kappa shape index (κ2) is 11.7. The van der Waals surface area contributed by atoms with Crippen molar-refractivity contribution >= 4 is 23.3 Å². The summed E-state index contributed by atoms with van der Waals surface area (Å²) in [7, 11) is 0. The molecular formula is C26H25F2N3O3. The number of rotatable bonds is 8. The number of hydrogen-bond donors (Lipinski definition) is 2. The zero-order valence-corrected chi connectivity index (χ0v) is 18.8. The van der Waals surface area contributed by atoms with E-state index in [-0.39, 0.29) is 6.10 Å². The quantitative estimate of drug-likeness (QED) is 0.307. The lowest BCUT2D eigenvalue weighted by molar-refractivity contribution is 0.0720. The number of nitrogens with one attached hydrogen (secondary N) is 2. The molecule has 3 amide bonds. The number of hydrogen-bond acceptors (Lipinski definition) is 4. The van der Waals surface area contributed by atoms with Crippen LogP contribution in [0.5, 0.6) is 0 Å². The van der Waals surface area contributed by atoms with Gasteiger partial charge < -0.3 is 10.2 Å². The minimum absolute atomic E-state index is 0.343. The molecule has 6 nitrogen and oxygen atoms in total. The Bertz CT molecular complexity index is 1150. The third-order valence-electron chi connectivity index (χ3n) is 4.97. The number of imide groups is 1. The molecule has 3 aromatic carbocycles. The van der Waals surface area contributed by atoms with Crippen molar-refractivity contribution in [1.29, 1.82) is 0 Å². The van der Waals surface area contributed by atoms with Crippen LogP contribution in [0, 0.1) is 11.6 Å². The van der Waals surface area contributed by atoms with Gasteiger partial charge in [0.05, 0.1) is 5.71 Å². The molecule has 1 unspecified atom stereocenters. The average Bonchev–Trinajstić information content (AvgIpc) is 2.82. The van der Waals surface area contributed by atoms with Crippen molar-refractivity contribution in [3.05, 3.63) is 101 Å². The Morgan fingerprint density at radius 2 is 1.59 bits per heavy atom. The highest BCUT2D eigenvalue weighted by Crippen LogP contribution is 2.20. The molecule has 3 rings (SSSR count). The summed E-state index contributed by atoms with van der Waals surface area (Å²) in [5, 5.41) is 8.71. The van der Waals surface area contributed by atoms with Gasteiger partial charge in [-0.2, -0.15) is 0 Å². The molecule has 0 spiro atoms. The molecule has 0 aliphatic rings. The highest BCUT2D eigenvalue weighted by Gasteiger charge is 2.19. The Morgan fingerprint density at radius 3 is 2.21 bits per heavy atom. The van der Waals surface area contributed by atoms with Crippen LogP contribution in [0.15, 0.2) is 78.0 Å². The van der Waals surface area contributed by atoms with E-state index in [1.165, 1.54) is 0 Å². The van der Waals surface area contributed by atoms with E-state index in [2.05, 4.69) is 17.4 Å². The van der Waals surface area contributed by atoms with Crippen LogP contribution < -0.4 is 10.6 Å². The van der Waals surface area contributed by atoms with E-state index in [1.54, 1.807) is 24.3 Å². The predicted octanol–water partition coefficient (Wildman–Crippen LogP) is 6.21. The highest BCUT2D eigenvalue weighted by atomic mass is 19.1.